The average molecular weight is 292 g/mol. The molecule has 1 aliphatic rings. The Morgan fingerprint density at radius 2 is 2.40 bits per heavy atom. The molecule has 0 aromatic rings. The molecule has 4 heteroatoms. The first-order valence-electron chi connectivity index (χ1n) is 6.93. The van der Waals surface area contributed by atoms with Gasteiger partial charge in [0.15, 0.2) is 0 Å². The summed E-state index contributed by atoms with van der Waals surface area (Å²) in [5, 5.41) is 3.89. The molecule has 110 valence electrons. The third-order valence-corrected chi connectivity index (χ3v) is 3.81. The van der Waals surface area contributed by atoms with Gasteiger partial charge in [-0.2, -0.15) is 0 Å². The summed E-state index contributed by atoms with van der Waals surface area (Å²) in [7, 11) is 0. The van der Waals surface area contributed by atoms with Gasteiger partial charge in [0.1, 0.15) is 0 Å². The van der Waals surface area contributed by atoms with Gasteiger partial charge in [0, 0.05) is 24.0 Å². The molecule has 0 spiro atoms. The van der Waals surface area contributed by atoms with E-state index in [2.05, 4.69) is 42.5 Å². The number of hydrogen-bond donors (Lipinski definition) is 1. The van der Waals surface area contributed by atoms with Gasteiger partial charge in [-0.1, -0.05) is 49.9 Å². The van der Waals surface area contributed by atoms with Crippen LogP contribution in [0.15, 0.2) is 53.1 Å². The highest BCUT2D eigenvalue weighted by Crippen LogP contribution is 2.24. The summed E-state index contributed by atoms with van der Waals surface area (Å²) in [6.07, 6.45) is 11.6. The summed E-state index contributed by atoms with van der Waals surface area (Å²) in [6, 6.07) is 0. The van der Waals surface area contributed by atoms with E-state index in [1.165, 1.54) is 0 Å². The smallest absolute Gasteiger partial charge is 0.236 e. The zero-order valence-corrected chi connectivity index (χ0v) is 13.4. The molecule has 1 N–H and O–H groups in total. The number of hydrogen-bond acceptors (Lipinski definition) is 4. The minimum absolute atomic E-state index is 0.632. The largest absolute Gasteiger partial charge is 0.338 e. The van der Waals surface area contributed by atoms with Gasteiger partial charge in [0.2, 0.25) is 5.88 Å². The predicted octanol–water partition coefficient (Wildman–Crippen LogP) is 4.58. The highest BCUT2D eigenvalue weighted by atomic mass is 32.2. The van der Waals surface area contributed by atoms with E-state index in [1.807, 2.05) is 19.1 Å². The number of rotatable bonds is 8. The van der Waals surface area contributed by atoms with Crippen LogP contribution in [0.3, 0.4) is 0 Å². The standard InChI is InChI=1S/C16H24N2OS/c1-5-7-8-9-14(6-2)15-10-11-17-19-16(15)18-20-12-13(3)4/h5-7,9,11,13,18H,2,8,10,12H2,1,3-4H3/b7-5-,14-9+. The van der Waals surface area contributed by atoms with Crippen molar-refractivity contribution in [2.45, 2.75) is 33.6 Å². The fourth-order valence-corrected chi connectivity index (χ4v) is 2.34. The first kappa shape index (κ1) is 16.6. The zero-order chi connectivity index (χ0) is 14.8. The lowest BCUT2D eigenvalue weighted by Gasteiger charge is -2.17. The second kappa shape index (κ2) is 9.48. The molecule has 0 unspecified atom stereocenters. The molecule has 0 bridgehead atoms. The van der Waals surface area contributed by atoms with Crippen molar-refractivity contribution in [3.8, 4) is 0 Å². The van der Waals surface area contributed by atoms with Crippen LogP contribution in [0.25, 0.3) is 0 Å². The van der Waals surface area contributed by atoms with E-state index in [4.69, 9.17) is 4.84 Å². The molecule has 0 saturated heterocycles. The third kappa shape index (κ3) is 5.70. The maximum atomic E-state index is 5.37. The SMILES string of the molecule is C=C/C(=C\C/C=C\C)C1=C(NSCC(C)C)ON=CC1. The minimum atomic E-state index is 0.632. The molecule has 20 heavy (non-hydrogen) atoms. The van der Waals surface area contributed by atoms with Gasteiger partial charge in [-0.15, -0.1) is 0 Å². The van der Waals surface area contributed by atoms with E-state index in [-0.39, 0.29) is 0 Å². The molecule has 0 aromatic carbocycles. The molecular weight excluding hydrogens is 268 g/mol. The third-order valence-electron chi connectivity index (χ3n) is 2.65. The number of nitrogens with one attached hydrogen (secondary N) is 1. The van der Waals surface area contributed by atoms with E-state index >= 15 is 0 Å². The summed E-state index contributed by atoms with van der Waals surface area (Å²) in [6.45, 7) is 10.3. The first-order chi connectivity index (χ1) is 9.69. The Kier molecular flexibility index (Phi) is 7.88. The summed E-state index contributed by atoms with van der Waals surface area (Å²) in [4.78, 5) is 5.37. The van der Waals surface area contributed by atoms with Crippen molar-refractivity contribution in [3.05, 3.63) is 47.9 Å². The summed E-state index contributed by atoms with van der Waals surface area (Å²) in [5.74, 6) is 2.38. The Morgan fingerprint density at radius 1 is 1.60 bits per heavy atom. The van der Waals surface area contributed by atoms with E-state index in [0.29, 0.717) is 5.92 Å². The van der Waals surface area contributed by atoms with Crippen molar-refractivity contribution in [2.75, 3.05) is 5.75 Å². The van der Waals surface area contributed by atoms with Gasteiger partial charge >= 0.3 is 0 Å². The molecule has 0 fully saturated rings. The molecule has 3 nitrogen and oxygen atoms in total. The Hall–Kier alpha value is -1.42. The lowest BCUT2D eigenvalue weighted by Crippen LogP contribution is -2.14. The molecule has 0 aromatic heterocycles. The molecule has 1 heterocycles. The van der Waals surface area contributed by atoms with Crippen molar-refractivity contribution in [3.63, 3.8) is 0 Å². The van der Waals surface area contributed by atoms with Crippen molar-refractivity contribution < 1.29 is 4.84 Å². The lowest BCUT2D eigenvalue weighted by atomic mass is 10.0. The van der Waals surface area contributed by atoms with Crippen LogP contribution in [0, 0.1) is 5.92 Å². The van der Waals surface area contributed by atoms with Gasteiger partial charge in [0.05, 0.1) is 0 Å². The Bertz CT molecular complexity index is 434. The van der Waals surface area contributed by atoms with Crippen LogP contribution in [-0.4, -0.2) is 12.0 Å². The molecule has 1 aliphatic heterocycles. The molecule has 0 radical (unpaired) electrons. The average Bonchev–Trinajstić information content (AvgIpc) is 2.44. The van der Waals surface area contributed by atoms with E-state index in [1.54, 1.807) is 18.2 Å². The number of nitrogens with zero attached hydrogens (tertiary/aromatic N) is 1. The normalized spacial score (nSPS) is 15.9. The number of allylic oxidation sites excluding steroid dienone is 6. The topological polar surface area (TPSA) is 33.6 Å². The maximum Gasteiger partial charge on any atom is 0.236 e. The van der Waals surface area contributed by atoms with Crippen LogP contribution >= 0.6 is 11.9 Å². The van der Waals surface area contributed by atoms with Gasteiger partial charge in [-0.05, 0) is 36.8 Å². The van der Waals surface area contributed by atoms with Crippen molar-refractivity contribution >= 4 is 18.2 Å². The van der Waals surface area contributed by atoms with Crippen LogP contribution < -0.4 is 4.72 Å². The molecule has 0 aliphatic carbocycles. The Morgan fingerprint density at radius 3 is 3.05 bits per heavy atom. The lowest BCUT2D eigenvalue weighted by molar-refractivity contribution is 0.210. The van der Waals surface area contributed by atoms with Crippen LogP contribution in [0.1, 0.15) is 33.6 Å². The fourth-order valence-electron chi connectivity index (χ4n) is 1.63. The van der Waals surface area contributed by atoms with Crippen LogP contribution in [-0.2, 0) is 4.84 Å². The summed E-state index contributed by atoms with van der Waals surface area (Å²) in [5.41, 5.74) is 2.21. The predicted molar refractivity (Wildman–Crippen MR) is 89.4 cm³/mol. The van der Waals surface area contributed by atoms with Gasteiger partial charge in [-0.3, -0.25) is 4.72 Å². The van der Waals surface area contributed by atoms with Crippen molar-refractivity contribution in [2.24, 2.45) is 11.1 Å². The highest BCUT2D eigenvalue weighted by molar-refractivity contribution is 7.97. The van der Waals surface area contributed by atoms with Crippen LogP contribution in [0.4, 0.5) is 0 Å². The Balaban J connectivity index is 2.79. The van der Waals surface area contributed by atoms with Crippen molar-refractivity contribution in [1.82, 2.24) is 4.72 Å². The first-order valence-corrected chi connectivity index (χ1v) is 7.91. The van der Waals surface area contributed by atoms with Crippen LogP contribution in [0.2, 0.25) is 0 Å². The second-order valence-electron chi connectivity index (χ2n) is 4.87. The summed E-state index contributed by atoms with van der Waals surface area (Å²) >= 11 is 1.65. The second-order valence-corrected chi connectivity index (χ2v) is 5.69. The van der Waals surface area contributed by atoms with Gasteiger partial charge in [0.25, 0.3) is 0 Å². The minimum Gasteiger partial charge on any atom is -0.338 e. The molecular formula is C16H24N2OS. The zero-order valence-electron chi connectivity index (χ0n) is 12.6. The number of oxime groups is 1. The molecule has 0 atom stereocenters. The fraction of sp³-hybridized carbons (Fsp3) is 0.438. The van der Waals surface area contributed by atoms with E-state index in [9.17, 15) is 0 Å². The Labute approximate surface area is 126 Å². The van der Waals surface area contributed by atoms with E-state index in [0.717, 1.165) is 35.6 Å². The quantitative estimate of drug-likeness (QED) is 0.404. The van der Waals surface area contributed by atoms with Gasteiger partial charge in [-0.25, -0.2) is 0 Å². The van der Waals surface area contributed by atoms with Crippen LogP contribution in [0.5, 0.6) is 0 Å². The molecule has 0 amide bonds. The molecule has 0 saturated carbocycles. The highest BCUT2D eigenvalue weighted by Gasteiger charge is 2.14. The monoisotopic (exact) mass is 292 g/mol. The van der Waals surface area contributed by atoms with Gasteiger partial charge < -0.3 is 4.84 Å². The van der Waals surface area contributed by atoms with Crippen molar-refractivity contribution in [1.29, 1.82) is 0 Å². The van der Waals surface area contributed by atoms with E-state index < -0.39 is 0 Å². The maximum absolute atomic E-state index is 5.37. The summed E-state index contributed by atoms with van der Waals surface area (Å²) < 4.78 is 3.26. The molecule has 1 rings (SSSR count).